The van der Waals surface area contributed by atoms with E-state index < -0.39 is 0 Å². The molecule has 0 spiro atoms. The summed E-state index contributed by atoms with van der Waals surface area (Å²) in [5, 5.41) is 5.28. The van der Waals surface area contributed by atoms with Crippen molar-refractivity contribution in [2.24, 2.45) is 0 Å². The Morgan fingerprint density at radius 3 is 2.58 bits per heavy atom. The van der Waals surface area contributed by atoms with Gasteiger partial charge in [0.1, 0.15) is 5.75 Å². The van der Waals surface area contributed by atoms with Crippen LogP contribution in [0.3, 0.4) is 0 Å². The lowest BCUT2D eigenvalue weighted by Crippen LogP contribution is -2.38. The van der Waals surface area contributed by atoms with E-state index in [-0.39, 0.29) is 25.0 Å². The summed E-state index contributed by atoms with van der Waals surface area (Å²) in [7, 11) is 1.60. The van der Waals surface area contributed by atoms with Gasteiger partial charge >= 0.3 is 0 Å². The average molecular weight is 330 g/mol. The highest BCUT2D eigenvalue weighted by Gasteiger charge is 2.08. The largest absolute Gasteiger partial charge is 0.497 e. The molecule has 0 heterocycles. The maximum atomic E-state index is 11.7. The monoisotopic (exact) mass is 330 g/mol. The van der Waals surface area contributed by atoms with Crippen LogP contribution in [0.25, 0.3) is 0 Å². The van der Waals surface area contributed by atoms with Crippen molar-refractivity contribution in [3.63, 3.8) is 0 Å². The van der Waals surface area contributed by atoms with Crippen LogP contribution in [0.15, 0.2) is 48.3 Å². The van der Waals surface area contributed by atoms with Gasteiger partial charge in [-0.25, -0.2) is 0 Å². The summed E-state index contributed by atoms with van der Waals surface area (Å²) in [6, 6.07) is 7.40. The Kier molecular flexibility index (Phi) is 6.89. The standard InChI is InChI=1S/C18H22N2O4/c1-23-15-9-7-14(8-10-15)11-19-17(21)12-20-18(22)13-24-16-5-3-2-4-6-16/h2-3,5,7-10H,4,6,11-13H2,1H3,(H,19,21)(H,20,22). The summed E-state index contributed by atoms with van der Waals surface area (Å²) in [5.74, 6) is 0.988. The van der Waals surface area contributed by atoms with Crippen LogP contribution in [0.1, 0.15) is 18.4 Å². The molecule has 6 heteroatoms. The Bertz CT molecular complexity index is 620. The van der Waals surface area contributed by atoms with Crippen LogP contribution in [-0.4, -0.2) is 32.1 Å². The Balaban J connectivity index is 1.62. The summed E-state index contributed by atoms with van der Waals surface area (Å²) in [6.45, 7) is 0.247. The number of amides is 2. The molecular formula is C18H22N2O4. The molecule has 0 fully saturated rings. The van der Waals surface area contributed by atoms with E-state index in [2.05, 4.69) is 10.6 Å². The number of benzene rings is 1. The van der Waals surface area contributed by atoms with Gasteiger partial charge in [-0.15, -0.1) is 0 Å². The lowest BCUT2D eigenvalue weighted by Gasteiger charge is -2.11. The van der Waals surface area contributed by atoms with Gasteiger partial charge in [0, 0.05) is 13.0 Å². The van der Waals surface area contributed by atoms with Crippen molar-refractivity contribution in [2.75, 3.05) is 20.3 Å². The van der Waals surface area contributed by atoms with Gasteiger partial charge in [-0.2, -0.15) is 0 Å². The van der Waals surface area contributed by atoms with Crippen LogP contribution in [0.2, 0.25) is 0 Å². The van der Waals surface area contributed by atoms with Gasteiger partial charge in [-0.3, -0.25) is 9.59 Å². The van der Waals surface area contributed by atoms with Gasteiger partial charge in [0.2, 0.25) is 5.91 Å². The van der Waals surface area contributed by atoms with Crippen molar-refractivity contribution in [2.45, 2.75) is 19.4 Å². The van der Waals surface area contributed by atoms with Crippen molar-refractivity contribution in [3.05, 3.63) is 53.8 Å². The number of allylic oxidation sites excluding steroid dienone is 4. The molecule has 24 heavy (non-hydrogen) atoms. The molecule has 128 valence electrons. The molecular weight excluding hydrogens is 308 g/mol. The fourth-order valence-corrected chi connectivity index (χ4v) is 2.10. The van der Waals surface area contributed by atoms with Gasteiger partial charge < -0.3 is 20.1 Å². The smallest absolute Gasteiger partial charge is 0.258 e. The Morgan fingerprint density at radius 2 is 1.92 bits per heavy atom. The van der Waals surface area contributed by atoms with Crippen LogP contribution in [-0.2, 0) is 20.9 Å². The van der Waals surface area contributed by atoms with Gasteiger partial charge in [-0.05, 0) is 30.2 Å². The van der Waals surface area contributed by atoms with Crippen LogP contribution in [0.5, 0.6) is 5.75 Å². The Labute approximate surface area is 141 Å². The molecule has 0 aromatic heterocycles. The normalized spacial score (nSPS) is 13.0. The average Bonchev–Trinajstić information content (AvgIpc) is 2.64. The fraction of sp³-hybridized carbons (Fsp3) is 0.333. The van der Waals surface area contributed by atoms with Gasteiger partial charge in [0.15, 0.2) is 6.61 Å². The Hall–Kier alpha value is -2.76. The quantitative estimate of drug-likeness (QED) is 0.760. The molecule has 0 saturated carbocycles. The van der Waals surface area contributed by atoms with Crippen LogP contribution < -0.4 is 15.4 Å². The summed E-state index contributed by atoms with van der Waals surface area (Å²) < 4.78 is 10.5. The molecule has 0 radical (unpaired) electrons. The molecule has 1 aliphatic rings. The number of hydrogen-bond donors (Lipinski definition) is 2. The number of carbonyl (C=O) groups excluding carboxylic acids is 2. The predicted molar refractivity (Wildman–Crippen MR) is 90.3 cm³/mol. The van der Waals surface area contributed by atoms with E-state index in [1.807, 2.05) is 42.5 Å². The van der Waals surface area contributed by atoms with Crippen molar-refractivity contribution < 1.29 is 19.1 Å². The molecule has 0 unspecified atom stereocenters. The highest BCUT2D eigenvalue weighted by molar-refractivity contribution is 5.85. The van der Waals surface area contributed by atoms with Crippen molar-refractivity contribution in [1.82, 2.24) is 10.6 Å². The zero-order valence-corrected chi connectivity index (χ0v) is 13.7. The highest BCUT2D eigenvalue weighted by Crippen LogP contribution is 2.12. The number of nitrogens with one attached hydrogen (secondary N) is 2. The van der Waals surface area contributed by atoms with Crippen LogP contribution in [0, 0.1) is 0 Å². The minimum atomic E-state index is -0.315. The third kappa shape index (κ3) is 6.16. The zero-order valence-electron chi connectivity index (χ0n) is 13.7. The van der Waals surface area contributed by atoms with Gasteiger partial charge in [0.25, 0.3) is 5.91 Å². The highest BCUT2D eigenvalue weighted by atomic mass is 16.5. The van der Waals surface area contributed by atoms with E-state index in [1.54, 1.807) is 7.11 Å². The molecule has 0 saturated heterocycles. The topological polar surface area (TPSA) is 76.7 Å². The van der Waals surface area contributed by atoms with Crippen molar-refractivity contribution >= 4 is 11.8 Å². The molecule has 0 bridgehead atoms. The minimum Gasteiger partial charge on any atom is -0.497 e. The fourth-order valence-electron chi connectivity index (χ4n) is 2.10. The molecule has 2 rings (SSSR count). The zero-order chi connectivity index (χ0) is 17.2. The second kappa shape index (κ2) is 9.39. The molecule has 1 aromatic carbocycles. The first-order valence-corrected chi connectivity index (χ1v) is 7.82. The predicted octanol–water partition coefficient (Wildman–Crippen LogP) is 1.68. The van der Waals surface area contributed by atoms with Crippen molar-refractivity contribution in [1.29, 1.82) is 0 Å². The van der Waals surface area contributed by atoms with Gasteiger partial charge in [0.05, 0.1) is 19.4 Å². The number of carbonyl (C=O) groups is 2. The van der Waals surface area contributed by atoms with E-state index in [0.29, 0.717) is 6.54 Å². The van der Waals surface area contributed by atoms with E-state index in [0.717, 1.165) is 29.9 Å². The summed E-state index contributed by atoms with van der Waals surface area (Å²) in [5.41, 5.74) is 0.955. The van der Waals surface area contributed by atoms with E-state index >= 15 is 0 Å². The van der Waals surface area contributed by atoms with E-state index in [9.17, 15) is 9.59 Å². The molecule has 0 atom stereocenters. The number of methoxy groups -OCH3 is 1. The van der Waals surface area contributed by atoms with Crippen LogP contribution >= 0.6 is 0 Å². The number of rotatable bonds is 8. The molecule has 2 N–H and O–H groups in total. The first kappa shape index (κ1) is 17.6. The number of hydrogen-bond acceptors (Lipinski definition) is 4. The molecule has 1 aliphatic carbocycles. The molecule has 2 amide bonds. The maximum absolute atomic E-state index is 11.7. The summed E-state index contributed by atoms with van der Waals surface area (Å²) in [6.07, 6.45) is 7.51. The van der Waals surface area contributed by atoms with Gasteiger partial charge in [-0.1, -0.05) is 24.3 Å². The molecule has 6 nitrogen and oxygen atoms in total. The second-order valence-corrected chi connectivity index (χ2v) is 5.29. The SMILES string of the molecule is COc1ccc(CNC(=O)CNC(=O)COC2=CC=CCC2)cc1. The minimum absolute atomic E-state index is 0.0721. The van der Waals surface area contributed by atoms with E-state index in [1.165, 1.54) is 0 Å². The first-order chi connectivity index (χ1) is 11.7. The third-order valence-corrected chi connectivity index (χ3v) is 3.46. The Morgan fingerprint density at radius 1 is 1.12 bits per heavy atom. The summed E-state index contributed by atoms with van der Waals surface area (Å²) >= 11 is 0. The molecule has 0 aliphatic heterocycles. The van der Waals surface area contributed by atoms with Crippen molar-refractivity contribution in [3.8, 4) is 5.75 Å². The van der Waals surface area contributed by atoms with E-state index in [4.69, 9.17) is 9.47 Å². The lowest BCUT2D eigenvalue weighted by molar-refractivity contribution is -0.128. The van der Waals surface area contributed by atoms with Crippen LogP contribution in [0.4, 0.5) is 0 Å². The lowest BCUT2D eigenvalue weighted by atomic mass is 10.2. The molecule has 1 aromatic rings. The second-order valence-electron chi connectivity index (χ2n) is 5.29. The third-order valence-electron chi connectivity index (χ3n) is 3.46. The summed E-state index contributed by atoms with van der Waals surface area (Å²) in [4.78, 5) is 23.4. The first-order valence-electron chi connectivity index (χ1n) is 7.82. The maximum Gasteiger partial charge on any atom is 0.258 e. The number of ether oxygens (including phenoxy) is 2.